The van der Waals surface area contributed by atoms with Crippen LogP contribution < -0.4 is 4.90 Å². The van der Waals surface area contributed by atoms with E-state index in [1.54, 1.807) is 24.3 Å². The Morgan fingerprint density at radius 3 is 2.50 bits per heavy atom. The number of fused-ring (bicyclic) bond motifs is 1. The van der Waals surface area contributed by atoms with Gasteiger partial charge in [-0.15, -0.1) is 0 Å². The number of rotatable bonds is 5. The second-order valence-corrected chi connectivity index (χ2v) is 9.28. The molecule has 3 aromatic carbocycles. The minimum atomic E-state index is -0.392. The van der Waals surface area contributed by atoms with Crippen LogP contribution in [-0.4, -0.2) is 19.7 Å². The number of aromatic nitrogens is 1. The molecule has 0 spiro atoms. The number of amides is 1. The van der Waals surface area contributed by atoms with Crippen LogP contribution in [0.15, 0.2) is 83.9 Å². The van der Waals surface area contributed by atoms with Crippen molar-refractivity contribution in [3.63, 3.8) is 0 Å². The third-order valence-corrected chi connectivity index (χ3v) is 6.82. The number of carbonyl (C=O) groups excluding carboxylic acids is 1. The van der Waals surface area contributed by atoms with Crippen LogP contribution in [0.2, 0.25) is 0 Å². The number of nitro groups is 1. The molecule has 0 N–H and O–H groups in total. The first-order chi connectivity index (χ1) is 16.4. The van der Waals surface area contributed by atoms with Gasteiger partial charge in [0.15, 0.2) is 4.32 Å². The molecule has 1 saturated heterocycles. The molecule has 0 radical (unpaired) electrons. The molecule has 4 aromatic rings. The summed E-state index contributed by atoms with van der Waals surface area (Å²) in [5.74, 6) is -0.673. The van der Waals surface area contributed by atoms with Crippen LogP contribution in [-0.2, 0) is 11.3 Å². The van der Waals surface area contributed by atoms with Crippen molar-refractivity contribution in [1.29, 1.82) is 0 Å². The van der Waals surface area contributed by atoms with Gasteiger partial charge in [-0.1, -0.05) is 60.4 Å². The maximum atomic E-state index is 13.3. The molecule has 168 valence electrons. The van der Waals surface area contributed by atoms with Crippen LogP contribution in [0.1, 0.15) is 11.1 Å². The number of hydrogen-bond acceptors (Lipinski definition) is 5. The van der Waals surface area contributed by atoms with Crippen molar-refractivity contribution in [1.82, 2.24) is 4.57 Å². The summed E-state index contributed by atoms with van der Waals surface area (Å²) in [7, 11) is 0. The molecule has 5 rings (SSSR count). The Labute approximate surface area is 203 Å². The standard InChI is InChI=1S/C25H16FN3O3S2/c26-18-9-11-19(12-10-18)28-24(30)23(34-25(28)33)13-17-15-27(22-8-4-2-6-20(17)22)14-16-5-1-3-7-21(16)29(31)32/h1-13,15H,14H2. The maximum Gasteiger partial charge on any atom is 0.274 e. The number of halogens is 1. The molecule has 6 nitrogen and oxygen atoms in total. The lowest BCUT2D eigenvalue weighted by atomic mass is 10.1. The average molecular weight is 490 g/mol. The summed E-state index contributed by atoms with van der Waals surface area (Å²) in [4.78, 5) is 26.0. The quantitative estimate of drug-likeness (QED) is 0.146. The van der Waals surface area contributed by atoms with Crippen molar-refractivity contribution in [2.45, 2.75) is 6.54 Å². The number of anilines is 1. The molecule has 1 aromatic heterocycles. The van der Waals surface area contributed by atoms with E-state index in [0.29, 0.717) is 27.0 Å². The molecule has 0 bridgehead atoms. The summed E-state index contributed by atoms with van der Waals surface area (Å²) >= 11 is 6.60. The highest BCUT2D eigenvalue weighted by molar-refractivity contribution is 8.27. The summed E-state index contributed by atoms with van der Waals surface area (Å²) < 4.78 is 15.6. The van der Waals surface area contributed by atoms with E-state index in [1.807, 2.05) is 35.0 Å². The molecule has 9 heteroatoms. The van der Waals surface area contributed by atoms with Crippen LogP contribution in [0.3, 0.4) is 0 Å². The van der Waals surface area contributed by atoms with Gasteiger partial charge in [-0.3, -0.25) is 19.8 Å². The number of nitro benzene ring substituents is 1. The highest BCUT2D eigenvalue weighted by Gasteiger charge is 2.33. The topological polar surface area (TPSA) is 68.4 Å². The third-order valence-electron chi connectivity index (χ3n) is 5.51. The van der Waals surface area contributed by atoms with Crippen molar-refractivity contribution < 1.29 is 14.1 Å². The molecule has 0 atom stereocenters. The monoisotopic (exact) mass is 489 g/mol. The van der Waals surface area contributed by atoms with Crippen molar-refractivity contribution >= 4 is 62.6 Å². The molecule has 34 heavy (non-hydrogen) atoms. The Morgan fingerprint density at radius 1 is 1.03 bits per heavy atom. The molecule has 1 amide bonds. The van der Waals surface area contributed by atoms with Gasteiger partial charge in [0.2, 0.25) is 0 Å². The highest BCUT2D eigenvalue weighted by Crippen LogP contribution is 2.37. The molecular formula is C25H16FN3O3S2. The van der Waals surface area contributed by atoms with E-state index < -0.39 is 5.82 Å². The predicted molar refractivity (Wildman–Crippen MR) is 136 cm³/mol. The summed E-state index contributed by atoms with van der Waals surface area (Å²) in [5.41, 5.74) is 2.84. The number of carbonyl (C=O) groups is 1. The van der Waals surface area contributed by atoms with Crippen LogP contribution in [0.25, 0.3) is 17.0 Å². The second-order valence-electron chi connectivity index (χ2n) is 7.61. The van der Waals surface area contributed by atoms with Gasteiger partial charge in [0.25, 0.3) is 11.6 Å². The van der Waals surface area contributed by atoms with Gasteiger partial charge in [-0.05, 0) is 36.4 Å². The highest BCUT2D eigenvalue weighted by atomic mass is 32.2. The maximum absolute atomic E-state index is 13.3. The van der Waals surface area contributed by atoms with Gasteiger partial charge in [0.1, 0.15) is 5.82 Å². The first-order valence-electron chi connectivity index (χ1n) is 10.3. The van der Waals surface area contributed by atoms with Crippen molar-refractivity contribution in [2.75, 3.05) is 4.90 Å². The third kappa shape index (κ3) is 4.00. The fourth-order valence-electron chi connectivity index (χ4n) is 3.95. The van der Waals surface area contributed by atoms with Gasteiger partial charge >= 0.3 is 0 Å². The van der Waals surface area contributed by atoms with E-state index in [1.165, 1.54) is 47.0 Å². The molecule has 1 fully saturated rings. The Hall–Kier alpha value is -3.82. The lowest BCUT2D eigenvalue weighted by molar-refractivity contribution is -0.385. The Morgan fingerprint density at radius 2 is 1.74 bits per heavy atom. The van der Waals surface area contributed by atoms with E-state index >= 15 is 0 Å². The summed E-state index contributed by atoms with van der Waals surface area (Å²) in [6.07, 6.45) is 3.66. The second kappa shape index (κ2) is 8.85. The Balaban J connectivity index is 1.53. The van der Waals surface area contributed by atoms with E-state index in [9.17, 15) is 19.3 Å². The molecule has 0 aliphatic carbocycles. The fourth-order valence-corrected chi connectivity index (χ4v) is 5.24. The lowest BCUT2D eigenvalue weighted by Gasteiger charge is -2.14. The van der Waals surface area contributed by atoms with Gasteiger partial charge < -0.3 is 4.57 Å². The zero-order valence-corrected chi connectivity index (χ0v) is 19.2. The van der Waals surface area contributed by atoms with E-state index in [0.717, 1.165) is 16.5 Å². The summed E-state index contributed by atoms with van der Waals surface area (Å²) in [6.45, 7) is 0.308. The van der Waals surface area contributed by atoms with Crippen LogP contribution in [0, 0.1) is 15.9 Å². The van der Waals surface area contributed by atoms with Gasteiger partial charge in [0, 0.05) is 34.3 Å². The number of para-hydroxylation sites is 2. The predicted octanol–water partition coefficient (Wildman–Crippen LogP) is 6.14. The number of benzene rings is 3. The number of thiocarbonyl (C=S) groups is 1. The number of thioether (sulfide) groups is 1. The summed E-state index contributed by atoms with van der Waals surface area (Å²) in [6, 6.07) is 19.9. The number of nitrogens with zero attached hydrogens (tertiary/aromatic N) is 3. The Bertz CT molecular complexity index is 1500. The molecule has 2 heterocycles. The fraction of sp³-hybridized carbons (Fsp3) is 0.0400. The smallest absolute Gasteiger partial charge is 0.274 e. The van der Waals surface area contributed by atoms with Crippen LogP contribution in [0.5, 0.6) is 0 Å². The lowest BCUT2D eigenvalue weighted by Crippen LogP contribution is -2.27. The SMILES string of the molecule is O=C1C(=Cc2cn(Cc3ccccc3[N+](=O)[O-])c3ccccc23)SC(=S)N1c1ccc(F)cc1. The van der Waals surface area contributed by atoms with Crippen molar-refractivity contribution in [3.8, 4) is 0 Å². The van der Waals surface area contributed by atoms with Crippen molar-refractivity contribution in [2.24, 2.45) is 0 Å². The van der Waals surface area contributed by atoms with Gasteiger partial charge in [0.05, 0.1) is 22.1 Å². The normalized spacial score (nSPS) is 15.0. The largest absolute Gasteiger partial charge is 0.342 e. The number of hydrogen-bond donors (Lipinski definition) is 0. The minimum absolute atomic E-state index is 0.0574. The first-order valence-corrected chi connectivity index (χ1v) is 11.5. The van der Waals surface area contributed by atoms with Crippen molar-refractivity contribution in [3.05, 3.63) is 111 Å². The van der Waals surface area contributed by atoms with Crippen LogP contribution in [0.4, 0.5) is 15.8 Å². The van der Waals surface area contributed by atoms with Gasteiger partial charge in [-0.25, -0.2) is 4.39 Å². The minimum Gasteiger partial charge on any atom is -0.342 e. The molecular weight excluding hydrogens is 473 g/mol. The zero-order chi connectivity index (χ0) is 23.8. The Kier molecular flexibility index (Phi) is 5.72. The average Bonchev–Trinajstić information content (AvgIpc) is 3.31. The van der Waals surface area contributed by atoms with Gasteiger partial charge in [-0.2, -0.15) is 0 Å². The molecule has 1 aliphatic heterocycles. The summed E-state index contributed by atoms with van der Waals surface area (Å²) in [5, 5.41) is 12.4. The first kappa shape index (κ1) is 22.0. The zero-order valence-electron chi connectivity index (χ0n) is 17.6. The van der Waals surface area contributed by atoms with E-state index in [-0.39, 0.29) is 16.5 Å². The molecule has 1 aliphatic rings. The van der Waals surface area contributed by atoms with Crippen LogP contribution >= 0.6 is 24.0 Å². The molecule has 0 saturated carbocycles. The molecule has 0 unspecified atom stereocenters. The van der Waals surface area contributed by atoms with E-state index in [4.69, 9.17) is 12.2 Å². The van der Waals surface area contributed by atoms with E-state index in [2.05, 4.69) is 0 Å².